The van der Waals surface area contributed by atoms with Gasteiger partial charge in [-0.1, -0.05) is 18.2 Å². The third-order valence-electron chi connectivity index (χ3n) is 6.06. The van der Waals surface area contributed by atoms with Crippen molar-refractivity contribution < 1.29 is 49.2 Å². The molecule has 2 aromatic rings. The maximum Gasteiger partial charge on any atom is 0.326 e. The first kappa shape index (κ1) is 31.7. The molecule has 3 amide bonds. The molecule has 15 nitrogen and oxygen atoms in total. The van der Waals surface area contributed by atoms with Crippen molar-refractivity contribution in [3.05, 3.63) is 36.0 Å². The Morgan fingerprint density at radius 2 is 1.45 bits per heavy atom. The number of fused-ring (bicyclic) bond motifs is 1. The Bertz CT molecular complexity index is 1240. The van der Waals surface area contributed by atoms with E-state index in [1.165, 1.54) is 6.92 Å². The third kappa shape index (κ3) is 9.36. The Kier molecular flexibility index (Phi) is 11.6. The quantitative estimate of drug-likeness (QED) is 0.116. The second kappa shape index (κ2) is 14.6. The topological polar surface area (TPSA) is 261 Å². The molecule has 0 spiro atoms. The third-order valence-corrected chi connectivity index (χ3v) is 6.06. The van der Waals surface area contributed by atoms with Crippen molar-refractivity contribution in [3.63, 3.8) is 0 Å². The van der Waals surface area contributed by atoms with Crippen LogP contribution < -0.4 is 21.7 Å². The van der Waals surface area contributed by atoms with E-state index in [2.05, 4.69) is 20.9 Å². The lowest BCUT2D eigenvalue weighted by molar-refractivity contribution is -0.143. The van der Waals surface area contributed by atoms with Gasteiger partial charge in [-0.15, -0.1) is 0 Å². The van der Waals surface area contributed by atoms with E-state index in [0.29, 0.717) is 5.56 Å². The van der Waals surface area contributed by atoms with Crippen LogP contribution in [0.3, 0.4) is 0 Å². The van der Waals surface area contributed by atoms with Crippen molar-refractivity contribution in [1.82, 2.24) is 20.9 Å². The van der Waals surface area contributed by atoms with Crippen LogP contribution in [0.25, 0.3) is 10.9 Å². The predicted molar refractivity (Wildman–Crippen MR) is 139 cm³/mol. The Labute approximate surface area is 228 Å². The maximum absolute atomic E-state index is 13.2. The molecule has 1 heterocycles. The number of rotatable bonds is 16. The van der Waals surface area contributed by atoms with Gasteiger partial charge in [-0.05, 0) is 31.4 Å². The number of hydrogen-bond donors (Lipinski definition) is 9. The van der Waals surface area contributed by atoms with Crippen LogP contribution in [0.4, 0.5) is 0 Å². The number of carbonyl (C=O) groups excluding carboxylic acids is 3. The summed E-state index contributed by atoms with van der Waals surface area (Å²) in [5.74, 6) is -6.75. The zero-order valence-corrected chi connectivity index (χ0v) is 21.6. The van der Waals surface area contributed by atoms with Crippen molar-refractivity contribution in [2.45, 2.75) is 69.3 Å². The summed E-state index contributed by atoms with van der Waals surface area (Å²) in [7, 11) is 0. The van der Waals surface area contributed by atoms with Gasteiger partial charge in [0.05, 0.1) is 12.1 Å². The minimum absolute atomic E-state index is 0.133. The van der Waals surface area contributed by atoms with Crippen LogP contribution >= 0.6 is 0 Å². The molecule has 218 valence electrons. The molecule has 0 saturated heterocycles. The number of nitrogens with two attached hydrogens (primary N) is 1. The van der Waals surface area contributed by atoms with Crippen LogP contribution in [0.1, 0.15) is 38.2 Å². The van der Waals surface area contributed by atoms with Crippen molar-refractivity contribution in [3.8, 4) is 0 Å². The number of para-hydroxylation sites is 1. The summed E-state index contributed by atoms with van der Waals surface area (Å²) < 4.78 is 0. The van der Waals surface area contributed by atoms with Crippen LogP contribution in [0, 0.1) is 0 Å². The van der Waals surface area contributed by atoms with Crippen molar-refractivity contribution in [2.24, 2.45) is 5.73 Å². The summed E-state index contributed by atoms with van der Waals surface area (Å²) in [6.45, 7) is 1.20. The van der Waals surface area contributed by atoms with Crippen molar-refractivity contribution in [2.75, 3.05) is 0 Å². The van der Waals surface area contributed by atoms with Gasteiger partial charge in [-0.25, -0.2) is 4.79 Å². The van der Waals surface area contributed by atoms with Crippen LogP contribution in [0.15, 0.2) is 30.5 Å². The number of carboxylic acids is 3. The molecular formula is C25H33N5O10. The molecule has 1 aromatic heterocycles. The first-order valence-electron chi connectivity index (χ1n) is 12.4. The summed E-state index contributed by atoms with van der Waals surface area (Å²) in [5.41, 5.74) is 7.00. The average Bonchev–Trinajstić information content (AvgIpc) is 3.29. The number of aliphatic hydroxyl groups is 1. The number of amides is 3. The monoisotopic (exact) mass is 563 g/mol. The highest BCUT2D eigenvalue weighted by Gasteiger charge is 2.33. The number of carboxylic acid groups (broad SMARTS) is 3. The van der Waals surface area contributed by atoms with E-state index in [0.717, 1.165) is 10.9 Å². The Hall–Kier alpha value is -4.50. The van der Waals surface area contributed by atoms with Gasteiger partial charge < -0.3 is 47.1 Å². The minimum atomic E-state index is -1.59. The molecule has 1 aromatic carbocycles. The van der Waals surface area contributed by atoms with Gasteiger partial charge in [0, 0.05) is 36.4 Å². The summed E-state index contributed by atoms with van der Waals surface area (Å²) in [4.78, 5) is 75.1. The van der Waals surface area contributed by atoms with E-state index in [9.17, 15) is 39.0 Å². The van der Waals surface area contributed by atoms with Crippen molar-refractivity contribution >= 4 is 46.5 Å². The van der Waals surface area contributed by atoms with Gasteiger partial charge in [0.15, 0.2) is 0 Å². The molecular weight excluding hydrogens is 530 g/mol. The molecule has 0 radical (unpaired) electrons. The van der Waals surface area contributed by atoms with E-state index < -0.39 is 85.2 Å². The number of hydrogen-bond acceptors (Lipinski definition) is 8. The second-order valence-electron chi connectivity index (χ2n) is 9.22. The number of H-pyrrole nitrogens is 1. The smallest absolute Gasteiger partial charge is 0.326 e. The minimum Gasteiger partial charge on any atom is -0.481 e. The standard InChI is InChI=1S/C25H33N5O10/c1-12(31)21(30-22(36)15(26)6-8-19(32)33)24(38)29-18(10-13-11-27-16-5-3-2-4-14(13)16)23(37)28-17(25(39)40)7-9-20(34)35/h2-5,11-12,15,17-18,21,27,31H,6-10,26H2,1H3,(H,28,37)(H,29,38)(H,30,36)(H,32,33)(H,34,35)(H,39,40). The Morgan fingerprint density at radius 3 is 2.05 bits per heavy atom. The number of nitrogens with one attached hydrogen (secondary N) is 4. The molecule has 40 heavy (non-hydrogen) atoms. The molecule has 10 N–H and O–H groups in total. The van der Waals surface area contributed by atoms with Gasteiger partial charge in [0.2, 0.25) is 17.7 Å². The van der Waals surface area contributed by atoms with Crippen LogP contribution in [0.2, 0.25) is 0 Å². The first-order chi connectivity index (χ1) is 18.8. The fourth-order valence-electron chi connectivity index (χ4n) is 3.86. The molecule has 0 fully saturated rings. The molecule has 0 saturated carbocycles. The number of aliphatic hydroxyl groups excluding tert-OH is 1. The fourth-order valence-corrected chi connectivity index (χ4v) is 3.86. The lowest BCUT2D eigenvalue weighted by Crippen LogP contribution is -2.60. The molecule has 0 bridgehead atoms. The van der Waals surface area contributed by atoms with Gasteiger partial charge in [-0.2, -0.15) is 0 Å². The lowest BCUT2D eigenvalue weighted by atomic mass is 10.0. The Morgan fingerprint density at radius 1 is 0.850 bits per heavy atom. The fraction of sp³-hybridized carbons (Fsp3) is 0.440. The Balaban J connectivity index is 2.28. The summed E-state index contributed by atoms with van der Waals surface area (Å²) in [6, 6.07) is 1.23. The highest BCUT2D eigenvalue weighted by molar-refractivity contribution is 5.95. The zero-order valence-electron chi connectivity index (χ0n) is 21.6. The van der Waals surface area contributed by atoms with Crippen LogP contribution in [-0.2, 0) is 35.2 Å². The number of aromatic amines is 1. The van der Waals surface area contributed by atoms with Crippen molar-refractivity contribution in [1.29, 1.82) is 0 Å². The zero-order chi connectivity index (χ0) is 30.0. The first-order valence-corrected chi connectivity index (χ1v) is 12.4. The predicted octanol–water partition coefficient (Wildman–Crippen LogP) is -1.31. The summed E-state index contributed by atoms with van der Waals surface area (Å²) in [5, 5.41) is 44.9. The van der Waals surface area contributed by atoms with Crippen LogP contribution in [-0.4, -0.2) is 91.3 Å². The number of aliphatic carboxylic acids is 3. The number of carbonyl (C=O) groups is 6. The number of benzene rings is 1. The highest BCUT2D eigenvalue weighted by atomic mass is 16.4. The van der Waals surface area contributed by atoms with Gasteiger partial charge in [0.1, 0.15) is 18.1 Å². The highest BCUT2D eigenvalue weighted by Crippen LogP contribution is 2.19. The molecule has 2 rings (SSSR count). The van der Waals surface area contributed by atoms with Gasteiger partial charge in [0.25, 0.3) is 0 Å². The SMILES string of the molecule is CC(O)C(NC(=O)C(N)CCC(=O)O)C(=O)NC(Cc1c[nH]c2ccccc12)C(=O)NC(CCC(=O)O)C(=O)O. The summed E-state index contributed by atoms with van der Waals surface area (Å²) >= 11 is 0. The van der Waals surface area contributed by atoms with Gasteiger partial charge in [-0.3, -0.25) is 24.0 Å². The van der Waals surface area contributed by atoms with E-state index in [1.807, 2.05) is 0 Å². The lowest BCUT2D eigenvalue weighted by Gasteiger charge is -2.26. The largest absolute Gasteiger partial charge is 0.481 e. The molecule has 5 atom stereocenters. The van der Waals surface area contributed by atoms with E-state index >= 15 is 0 Å². The molecule has 0 aliphatic rings. The summed E-state index contributed by atoms with van der Waals surface area (Å²) in [6.07, 6.45) is -1.57. The normalized spacial score (nSPS) is 14.8. The van der Waals surface area contributed by atoms with Gasteiger partial charge >= 0.3 is 17.9 Å². The molecule has 5 unspecified atom stereocenters. The second-order valence-corrected chi connectivity index (χ2v) is 9.22. The molecule has 0 aliphatic carbocycles. The van der Waals surface area contributed by atoms with Crippen LogP contribution in [0.5, 0.6) is 0 Å². The van der Waals surface area contributed by atoms with E-state index in [4.69, 9.17) is 15.9 Å². The average molecular weight is 564 g/mol. The molecule has 15 heteroatoms. The maximum atomic E-state index is 13.2. The van der Waals surface area contributed by atoms with E-state index in [-0.39, 0.29) is 12.8 Å². The van der Waals surface area contributed by atoms with E-state index in [1.54, 1.807) is 30.5 Å². The number of aromatic nitrogens is 1. The molecule has 0 aliphatic heterocycles.